The van der Waals surface area contributed by atoms with Crippen molar-refractivity contribution in [2.45, 2.75) is 45.6 Å². The molecule has 5 nitrogen and oxygen atoms in total. The van der Waals surface area contributed by atoms with Gasteiger partial charge in [-0.05, 0) is 38.3 Å². The van der Waals surface area contributed by atoms with Gasteiger partial charge in [0, 0.05) is 19.2 Å². The third-order valence-corrected chi connectivity index (χ3v) is 3.62. The molecule has 1 aliphatic heterocycles. The molecule has 1 N–H and O–H groups in total. The van der Waals surface area contributed by atoms with Gasteiger partial charge in [-0.1, -0.05) is 12.5 Å². The van der Waals surface area contributed by atoms with Crippen molar-refractivity contribution in [3.05, 3.63) is 23.9 Å². The number of aromatic nitrogens is 1. The van der Waals surface area contributed by atoms with Crippen LogP contribution in [0.1, 0.15) is 38.2 Å². The van der Waals surface area contributed by atoms with E-state index in [0.29, 0.717) is 18.8 Å². The summed E-state index contributed by atoms with van der Waals surface area (Å²) in [6.07, 6.45) is 5.18. The Bertz CT molecular complexity index is 484. The second-order valence-electron chi connectivity index (χ2n) is 5.28. The van der Waals surface area contributed by atoms with Gasteiger partial charge in [0.15, 0.2) is 0 Å². The van der Waals surface area contributed by atoms with Crippen molar-refractivity contribution in [3.8, 4) is 0 Å². The predicted octanol–water partition coefficient (Wildman–Crippen LogP) is 2.12. The molecule has 108 valence electrons. The summed E-state index contributed by atoms with van der Waals surface area (Å²) in [5.41, 5.74) is 1.04. The molecule has 0 saturated carbocycles. The maximum absolute atomic E-state index is 12.2. The first kappa shape index (κ1) is 14.5. The van der Waals surface area contributed by atoms with E-state index in [9.17, 15) is 9.59 Å². The van der Waals surface area contributed by atoms with Gasteiger partial charge < -0.3 is 10.2 Å². The molecule has 1 saturated heterocycles. The fourth-order valence-electron chi connectivity index (χ4n) is 2.33. The van der Waals surface area contributed by atoms with Crippen LogP contribution in [0.3, 0.4) is 0 Å². The number of likely N-dealkylation sites (tertiary alicyclic amines) is 1. The first-order chi connectivity index (χ1) is 9.58. The summed E-state index contributed by atoms with van der Waals surface area (Å²) in [6.45, 7) is 4.37. The van der Waals surface area contributed by atoms with E-state index in [1.807, 2.05) is 13.0 Å². The summed E-state index contributed by atoms with van der Waals surface area (Å²) in [5, 5.41) is 2.76. The van der Waals surface area contributed by atoms with Crippen molar-refractivity contribution in [1.29, 1.82) is 0 Å². The van der Waals surface area contributed by atoms with Crippen LogP contribution < -0.4 is 5.32 Å². The summed E-state index contributed by atoms with van der Waals surface area (Å²) >= 11 is 0. The third-order valence-electron chi connectivity index (χ3n) is 3.62. The largest absolute Gasteiger partial charge is 0.331 e. The number of hydrogen-bond acceptors (Lipinski definition) is 3. The highest BCUT2D eigenvalue weighted by Gasteiger charge is 2.26. The molecule has 0 radical (unpaired) electrons. The maximum Gasteiger partial charge on any atom is 0.248 e. The lowest BCUT2D eigenvalue weighted by atomic mass is 10.2. The van der Waals surface area contributed by atoms with E-state index in [4.69, 9.17) is 0 Å². The normalized spacial score (nSPS) is 17.5. The molecule has 0 spiro atoms. The number of rotatable bonds is 3. The highest BCUT2D eigenvalue weighted by atomic mass is 16.2. The van der Waals surface area contributed by atoms with Crippen molar-refractivity contribution < 1.29 is 9.59 Å². The average Bonchev–Trinajstić information content (AvgIpc) is 2.65. The molecule has 0 unspecified atom stereocenters. The Kier molecular flexibility index (Phi) is 4.71. The summed E-state index contributed by atoms with van der Waals surface area (Å²) < 4.78 is 0. The minimum atomic E-state index is -0.455. The van der Waals surface area contributed by atoms with E-state index >= 15 is 0 Å². The summed E-state index contributed by atoms with van der Waals surface area (Å²) in [5.74, 6) is 0.410. The predicted molar refractivity (Wildman–Crippen MR) is 77.2 cm³/mol. The van der Waals surface area contributed by atoms with Crippen LogP contribution in [0.25, 0.3) is 0 Å². The van der Waals surface area contributed by atoms with Gasteiger partial charge in [0.05, 0.1) is 0 Å². The minimum Gasteiger partial charge on any atom is -0.331 e. The molecule has 0 aliphatic carbocycles. The van der Waals surface area contributed by atoms with Gasteiger partial charge >= 0.3 is 0 Å². The number of aryl methyl sites for hydroxylation is 1. The molecule has 1 aromatic rings. The lowest BCUT2D eigenvalue weighted by Gasteiger charge is -2.26. The van der Waals surface area contributed by atoms with Gasteiger partial charge in [-0.3, -0.25) is 9.59 Å². The van der Waals surface area contributed by atoms with Crippen molar-refractivity contribution in [2.75, 3.05) is 11.9 Å². The molecule has 1 atom stereocenters. The third kappa shape index (κ3) is 3.56. The second kappa shape index (κ2) is 6.50. The molecule has 0 aromatic carbocycles. The van der Waals surface area contributed by atoms with Crippen LogP contribution in [0.2, 0.25) is 0 Å². The molecule has 2 amide bonds. The van der Waals surface area contributed by atoms with E-state index in [2.05, 4.69) is 10.3 Å². The molecule has 1 aromatic heterocycles. The Morgan fingerprint density at radius 2 is 2.15 bits per heavy atom. The van der Waals surface area contributed by atoms with Gasteiger partial charge in [0.2, 0.25) is 11.8 Å². The lowest BCUT2D eigenvalue weighted by molar-refractivity contribution is -0.137. The molecular weight excluding hydrogens is 254 g/mol. The van der Waals surface area contributed by atoms with Crippen LogP contribution in [0, 0.1) is 6.92 Å². The summed E-state index contributed by atoms with van der Waals surface area (Å²) in [4.78, 5) is 30.0. The van der Waals surface area contributed by atoms with E-state index in [-0.39, 0.29) is 11.8 Å². The number of anilines is 1. The quantitative estimate of drug-likeness (QED) is 0.919. The molecular formula is C15H21N3O2. The topological polar surface area (TPSA) is 62.3 Å². The molecule has 2 rings (SSSR count). The summed E-state index contributed by atoms with van der Waals surface area (Å²) in [6, 6.07) is 3.21. The maximum atomic E-state index is 12.2. The van der Waals surface area contributed by atoms with Crippen molar-refractivity contribution in [3.63, 3.8) is 0 Å². The van der Waals surface area contributed by atoms with Crippen LogP contribution >= 0.6 is 0 Å². The van der Waals surface area contributed by atoms with E-state index in [1.165, 1.54) is 0 Å². The molecule has 20 heavy (non-hydrogen) atoms. The first-order valence-corrected chi connectivity index (χ1v) is 7.11. The zero-order valence-corrected chi connectivity index (χ0v) is 12.1. The number of nitrogens with one attached hydrogen (secondary N) is 1. The van der Waals surface area contributed by atoms with Crippen LogP contribution in [0.4, 0.5) is 5.82 Å². The number of hydrogen-bond donors (Lipinski definition) is 1. The number of amides is 2. The van der Waals surface area contributed by atoms with E-state index in [1.54, 1.807) is 24.1 Å². The molecule has 0 bridgehead atoms. The molecule has 1 fully saturated rings. The highest BCUT2D eigenvalue weighted by molar-refractivity contribution is 5.96. The second-order valence-corrected chi connectivity index (χ2v) is 5.28. The van der Waals surface area contributed by atoms with Crippen molar-refractivity contribution >= 4 is 17.6 Å². The zero-order chi connectivity index (χ0) is 14.5. The van der Waals surface area contributed by atoms with Gasteiger partial charge in [-0.2, -0.15) is 0 Å². The van der Waals surface area contributed by atoms with Crippen molar-refractivity contribution in [1.82, 2.24) is 9.88 Å². The smallest absolute Gasteiger partial charge is 0.248 e. The number of nitrogens with zero attached hydrogens (tertiary/aromatic N) is 2. The monoisotopic (exact) mass is 275 g/mol. The van der Waals surface area contributed by atoms with E-state index < -0.39 is 6.04 Å². The van der Waals surface area contributed by atoms with Crippen LogP contribution in [-0.4, -0.2) is 34.3 Å². The SMILES string of the molecule is Cc1ccc(NC(=O)[C@@H](C)N2CCCCCC2=O)nc1. The molecule has 2 heterocycles. The van der Waals surface area contributed by atoms with Gasteiger partial charge in [-0.15, -0.1) is 0 Å². The van der Waals surface area contributed by atoms with Gasteiger partial charge in [0.1, 0.15) is 11.9 Å². The fraction of sp³-hybridized carbons (Fsp3) is 0.533. The Hall–Kier alpha value is -1.91. The Morgan fingerprint density at radius 3 is 2.85 bits per heavy atom. The number of carbonyl (C=O) groups excluding carboxylic acids is 2. The summed E-state index contributed by atoms with van der Waals surface area (Å²) in [7, 11) is 0. The van der Waals surface area contributed by atoms with Crippen molar-refractivity contribution in [2.24, 2.45) is 0 Å². The van der Waals surface area contributed by atoms with Gasteiger partial charge in [-0.25, -0.2) is 4.98 Å². The average molecular weight is 275 g/mol. The lowest BCUT2D eigenvalue weighted by Crippen LogP contribution is -2.45. The zero-order valence-electron chi connectivity index (χ0n) is 12.1. The van der Waals surface area contributed by atoms with Crippen LogP contribution in [0.5, 0.6) is 0 Å². The number of pyridine rings is 1. The Morgan fingerprint density at radius 1 is 1.35 bits per heavy atom. The molecule has 5 heteroatoms. The first-order valence-electron chi connectivity index (χ1n) is 7.11. The van der Waals surface area contributed by atoms with E-state index in [0.717, 1.165) is 24.8 Å². The number of carbonyl (C=O) groups is 2. The molecule has 1 aliphatic rings. The highest BCUT2D eigenvalue weighted by Crippen LogP contribution is 2.15. The van der Waals surface area contributed by atoms with Crippen LogP contribution in [0.15, 0.2) is 18.3 Å². The van der Waals surface area contributed by atoms with Gasteiger partial charge in [0.25, 0.3) is 0 Å². The fourth-order valence-corrected chi connectivity index (χ4v) is 2.33. The standard InChI is InChI=1S/C15H21N3O2/c1-11-7-8-13(16-10-11)17-15(20)12(2)18-9-5-3-4-6-14(18)19/h7-8,10,12H,3-6,9H2,1-2H3,(H,16,17,20)/t12-/m1/s1. The Balaban J connectivity index is 2.00. The Labute approximate surface area is 119 Å². The minimum absolute atomic E-state index is 0.0713. The van der Waals surface area contributed by atoms with Crippen LogP contribution in [-0.2, 0) is 9.59 Å².